The molecule has 220 valence electrons. The fourth-order valence-electron chi connectivity index (χ4n) is 4.91. The van der Waals surface area contributed by atoms with Crippen LogP contribution >= 0.6 is 0 Å². The predicted octanol–water partition coefficient (Wildman–Crippen LogP) is 3.64. The van der Waals surface area contributed by atoms with Gasteiger partial charge in [-0.15, -0.1) is 0 Å². The van der Waals surface area contributed by atoms with Crippen LogP contribution in [-0.2, 0) is 44.7 Å². The molecule has 4 rings (SSSR count). The van der Waals surface area contributed by atoms with E-state index in [-0.39, 0.29) is 31.4 Å². The molecule has 1 unspecified atom stereocenters. The van der Waals surface area contributed by atoms with Gasteiger partial charge in [0.25, 0.3) is 5.91 Å². The van der Waals surface area contributed by atoms with Gasteiger partial charge in [0.05, 0.1) is 5.56 Å². The highest BCUT2D eigenvalue weighted by molar-refractivity contribution is 6.38. The lowest BCUT2D eigenvalue weighted by Gasteiger charge is -2.27. The van der Waals surface area contributed by atoms with Crippen molar-refractivity contribution in [2.45, 2.75) is 56.9 Å². The Balaban J connectivity index is 1.44. The molecule has 2 aromatic carbocycles. The molecule has 8 nitrogen and oxygen atoms in total. The number of nitrogens with one attached hydrogen (secondary N) is 2. The fourth-order valence-corrected chi connectivity index (χ4v) is 4.91. The summed E-state index contributed by atoms with van der Waals surface area (Å²) in [4.78, 5) is 57.4. The van der Waals surface area contributed by atoms with Crippen LogP contribution < -0.4 is 10.6 Å². The van der Waals surface area contributed by atoms with Gasteiger partial charge in [0, 0.05) is 37.8 Å². The van der Waals surface area contributed by atoms with Crippen LogP contribution in [0.25, 0.3) is 0 Å². The number of nitrogens with zero attached hydrogens (tertiary/aromatic N) is 2. The molecule has 3 aromatic rings. The fraction of sp³-hybridized carbons (Fsp3) is 0.323. The van der Waals surface area contributed by atoms with Crippen LogP contribution in [0, 0.1) is 0 Å². The molecule has 1 fully saturated rings. The molecule has 2 N–H and O–H groups in total. The smallest absolute Gasteiger partial charge is 0.349 e. The van der Waals surface area contributed by atoms with E-state index in [1.807, 2.05) is 12.1 Å². The van der Waals surface area contributed by atoms with Crippen molar-refractivity contribution in [2.24, 2.45) is 0 Å². The summed E-state index contributed by atoms with van der Waals surface area (Å²) in [6.45, 7) is -0.197. The number of likely N-dealkylation sites (tertiary alicyclic amines) is 1. The zero-order chi connectivity index (χ0) is 30.1. The first kappa shape index (κ1) is 30.4. The van der Waals surface area contributed by atoms with Crippen LogP contribution in [0.2, 0.25) is 0 Å². The van der Waals surface area contributed by atoms with Crippen LogP contribution in [0.5, 0.6) is 0 Å². The van der Waals surface area contributed by atoms with E-state index >= 15 is 0 Å². The molecule has 11 heteroatoms. The van der Waals surface area contributed by atoms with E-state index in [4.69, 9.17) is 0 Å². The maximum Gasteiger partial charge on any atom is 0.416 e. The van der Waals surface area contributed by atoms with Gasteiger partial charge in [-0.2, -0.15) is 13.2 Å². The normalized spacial score (nSPS) is 15.7. The first-order valence-electron chi connectivity index (χ1n) is 13.6. The van der Waals surface area contributed by atoms with Crippen LogP contribution in [0.1, 0.15) is 41.6 Å². The molecule has 0 bridgehead atoms. The molecule has 0 aliphatic carbocycles. The Morgan fingerprint density at radius 3 is 2.40 bits per heavy atom. The second-order valence-corrected chi connectivity index (χ2v) is 10.0. The van der Waals surface area contributed by atoms with Gasteiger partial charge >= 0.3 is 6.18 Å². The molecular weight excluding hydrogens is 549 g/mol. The van der Waals surface area contributed by atoms with Gasteiger partial charge in [0.15, 0.2) is 0 Å². The lowest BCUT2D eigenvalue weighted by Crippen LogP contribution is -2.53. The number of carbonyl (C=O) groups is 4. The summed E-state index contributed by atoms with van der Waals surface area (Å²) in [5, 5.41) is 5.20. The number of Topliss-reactive ketones (excluding diaryl/α,β-unsaturated/α-hetero) is 1. The van der Waals surface area contributed by atoms with Crippen molar-refractivity contribution in [1.29, 1.82) is 0 Å². The second-order valence-electron chi connectivity index (χ2n) is 10.0. The molecular formula is C31H31F3N4O4. The molecule has 3 amide bonds. The van der Waals surface area contributed by atoms with Crippen LogP contribution in [0.3, 0.4) is 0 Å². The molecule has 1 saturated heterocycles. The summed E-state index contributed by atoms with van der Waals surface area (Å²) < 4.78 is 40.7. The van der Waals surface area contributed by atoms with E-state index in [0.29, 0.717) is 18.4 Å². The number of hydrogen-bond donors (Lipinski definition) is 2. The predicted molar refractivity (Wildman–Crippen MR) is 148 cm³/mol. The highest BCUT2D eigenvalue weighted by Crippen LogP contribution is 2.33. The first-order valence-corrected chi connectivity index (χ1v) is 13.6. The molecule has 1 aliphatic heterocycles. The molecule has 2 atom stereocenters. The second kappa shape index (κ2) is 13.9. The Kier molecular flexibility index (Phi) is 10.1. The van der Waals surface area contributed by atoms with E-state index in [1.54, 1.807) is 42.6 Å². The molecule has 0 radical (unpaired) electrons. The van der Waals surface area contributed by atoms with Gasteiger partial charge in [-0.05, 0) is 48.6 Å². The quantitative estimate of drug-likeness (QED) is 0.251. The van der Waals surface area contributed by atoms with E-state index in [2.05, 4.69) is 15.6 Å². The topological polar surface area (TPSA) is 108 Å². The molecule has 0 spiro atoms. The standard InChI is InChI=1S/C31H31F3N4O4/c32-31(33,34)24-14-5-4-11-22(24)20-38-26(15-16-27(38)39)29(41)37-25(19-21-9-2-1-3-10-21)28(40)30(42)36-18-8-13-23-12-6-7-17-35-23/h1-7,9-12,14,17,25-26H,8,13,15-16,18-20H2,(H,36,42)(H,37,41)/t25?,26-/m1/s1. The molecule has 1 aliphatic rings. The van der Waals surface area contributed by atoms with Crippen molar-refractivity contribution in [3.63, 3.8) is 0 Å². The van der Waals surface area contributed by atoms with Crippen molar-refractivity contribution in [3.8, 4) is 0 Å². The molecule has 0 saturated carbocycles. The van der Waals surface area contributed by atoms with Crippen LogP contribution in [0.4, 0.5) is 13.2 Å². The number of aryl methyl sites for hydroxylation is 1. The minimum Gasteiger partial charge on any atom is -0.349 e. The number of benzene rings is 2. The number of pyridine rings is 1. The molecule has 42 heavy (non-hydrogen) atoms. The van der Waals surface area contributed by atoms with Crippen LogP contribution in [0.15, 0.2) is 79.0 Å². The number of rotatable bonds is 12. The number of aromatic nitrogens is 1. The molecule has 2 heterocycles. The van der Waals surface area contributed by atoms with Crippen molar-refractivity contribution >= 4 is 23.5 Å². The van der Waals surface area contributed by atoms with E-state index in [9.17, 15) is 32.3 Å². The van der Waals surface area contributed by atoms with Crippen molar-refractivity contribution in [2.75, 3.05) is 6.54 Å². The average Bonchev–Trinajstić information content (AvgIpc) is 3.35. The van der Waals surface area contributed by atoms with Crippen molar-refractivity contribution in [3.05, 3.63) is 101 Å². The number of hydrogen-bond acceptors (Lipinski definition) is 5. The maximum atomic E-state index is 13.6. The monoisotopic (exact) mass is 580 g/mol. The van der Waals surface area contributed by atoms with Gasteiger partial charge in [-0.3, -0.25) is 24.2 Å². The highest BCUT2D eigenvalue weighted by atomic mass is 19.4. The number of ketones is 1. The summed E-state index contributed by atoms with van der Waals surface area (Å²) in [5.41, 5.74) is 0.513. The zero-order valence-corrected chi connectivity index (χ0v) is 22.8. The largest absolute Gasteiger partial charge is 0.416 e. The number of carbonyl (C=O) groups excluding carboxylic acids is 4. The summed E-state index contributed by atoms with van der Waals surface area (Å²) in [5.74, 6) is -2.90. The van der Waals surface area contributed by atoms with Gasteiger partial charge in [-0.1, -0.05) is 54.6 Å². The average molecular weight is 581 g/mol. The summed E-state index contributed by atoms with van der Waals surface area (Å²) >= 11 is 0. The lowest BCUT2D eigenvalue weighted by molar-refractivity contribution is -0.142. The SMILES string of the molecule is O=C(NCCCc1ccccn1)C(=O)C(Cc1ccccc1)NC(=O)[C@H]1CCC(=O)N1Cc1ccccc1C(F)(F)F. The van der Waals surface area contributed by atoms with Crippen molar-refractivity contribution in [1.82, 2.24) is 20.5 Å². The minimum absolute atomic E-state index is 0.0182. The molecule has 1 aromatic heterocycles. The summed E-state index contributed by atoms with van der Waals surface area (Å²) in [6, 6.07) is 16.9. The Morgan fingerprint density at radius 2 is 1.69 bits per heavy atom. The third-order valence-corrected chi connectivity index (χ3v) is 7.06. The minimum atomic E-state index is -4.63. The summed E-state index contributed by atoms with van der Waals surface area (Å²) in [7, 11) is 0. The summed E-state index contributed by atoms with van der Waals surface area (Å²) in [6.07, 6.45) is -1.75. The first-order chi connectivity index (χ1) is 20.1. The third-order valence-electron chi connectivity index (χ3n) is 7.06. The third kappa shape index (κ3) is 8.02. The van der Waals surface area contributed by atoms with Gasteiger partial charge in [-0.25, -0.2) is 0 Å². The van der Waals surface area contributed by atoms with Gasteiger partial charge < -0.3 is 15.5 Å². The number of amides is 3. The van der Waals surface area contributed by atoms with Crippen LogP contribution in [-0.4, -0.2) is 52.0 Å². The Morgan fingerprint density at radius 1 is 0.976 bits per heavy atom. The maximum absolute atomic E-state index is 13.6. The number of halogens is 3. The Labute approximate surface area is 241 Å². The Bertz CT molecular complexity index is 1400. The van der Waals surface area contributed by atoms with E-state index in [0.717, 1.165) is 16.7 Å². The zero-order valence-electron chi connectivity index (χ0n) is 22.8. The van der Waals surface area contributed by atoms with E-state index in [1.165, 1.54) is 18.2 Å². The van der Waals surface area contributed by atoms with Crippen molar-refractivity contribution < 1.29 is 32.3 Å². The number of alkyl halides is 3. The van der Waals surface area contributed by atoms with Gasteiger partial charge in [0.2, 0.25) is 17.6 Å². The van der Waals surface area contributed by atoms with Gasteiger partial charge in [0.1, 0.15) is 12.1 Å². The Hall–Kier alpha value is -4.54. The highest BCUT2D eigenvalue weighted by Gasteiger charge is 2.40. The van der Waals surface area contributed by atoms with E-state index < -0.39 is 53.9 Å². The lowest BCUT2D eigenvalue weighted by atomic mass is 10.0.